The average Bonchev–Trinajstić information content (AvgIpc) is 2.42. The van der Waals surface area contributed by atoms with Crippen molar-refractivity contribution in [2.24, 2.45) is 0 Å². The largest absolute Gasteiger partial charge is 0.478 e. The van der Waals surface area contributed by atoms with Crippen LogP contribution in [0.1, 0.15) is 66.9 Å². The summed E-state index contributed by atoms with van der Waals surface area (Å²) in [4.78, 5) is 11.1. The van der Waals surface area contributed by atoms with Gasteiger partial charge in [0.05, 0.1) is 17.2 Å². The van der Waals surface area contributed by atoms with Crippen molar-refractivity contribution in [2.45, 2.75) is 51.9 Å². The molecule has 1 rings (SSSR count). The topological polar surface area (TPSA) is 61.1 Å². The lowest BCUT2D eigenvalue weighted by Gasteiger charge is -2.06. The van der Waals surface area contributed by atoms with Crippen molar-refractivity contribution in [2.75, 3.05) is 0 Å². The highest BCUT2D eigenvalue weighted by Crippen LogP contribution is 2.16. The molecule has 0 heterocycles. The number of carboxylic acid groups (broad SMARTS) is 1. The van der Waals surface area contributed by atoms with E-state index in [4.69, 9.17) is 10.4 Å². The molecule has 0 aliphatic carbocycles. The van der Waals surface area contributed by atoms with Crippen LogP contribution >= 0.6 is 0 Å². The summed E-state index contributed by atoms with van der Waals surface area (Å²) in [5, 5.41) is 18.0. The van der Waals surface area contributed by atoms with Crippen molar-refractivity contribution >= 4 is 5.97 Å². The van der Waals surface area contributed by atoms with E-state index >= 15 is 0 Å². The highest BCUT2D eigenvalue weighted by Gasteiger charge is 2.10. The van der Waals surface area contributed by atoms with Crippen LogP contribution in [0.4, 0.5) is 0 Å². The Balaban J connectivity index is 2.56. The van der Waals surface area contributed by atoms with Crippen molar-refractivity contribution in [3.05, 3.63) is 34.9 Å². The predicted octanol–water partition coefficient (Wildman–Crippen LogP) is 4.16. The molecule has 3 nitrogen and oxygen atoms in total. The summed E-state index contributed by atoms with van der Waals surface area (Å²) in [6, 6.07) is 6.86. The van der Waals surface area contributed by atoms with Gasteiger partial charge in [-0.05, 0) is 36.6 Å². The Labute approximate surface area is 114 Å². The first-order valence-electron chi connectivity index (χ1n) is 6.95. The molecule has 0 spiro atoms. The fourth-order valence-corrected chi connectivity index (χ4v) is 2.17. The van der Waals surface area contributed by atoms with Crippen LogP contribution in [0.3, 0.4) is 0 Å². The molecule has 0 radical (unpaired) electrons. The Morgan fingerprint density at radius 1 is 1.21 bits per heavy atom. The maximum absolute atomic E-state index is 11.1. The first-order valence-corrected chi connectivity index (χ1v) is 6.95. The molecule has 0 fully saturated rings. The van der Waals surface area contributed by atoms with Crippen LogP contribution in [0.25, 0.3) is 0 Å². The van der Waals surface area contributed by atoms with Crippen LogP contribution in [0.15, 0.2) is 18.2 Å². The maximum atomic E-state index is 11.1. The minimum atomic E-state index is -0.912. The van der Waals surface area contributed by atoms with Gasteiger partial charge in [-0.3, -0.25) is 0 Å². The first kappa shape index (κ1) is 15.2. The second-order valence-corrected chi connectivity index (χ2v) is 4.81. The lowest BCUT2D eigenvalue weighted by atomic mass is 9.98. The van der Waals surface area contributed by atoms with E-state index in [9.17, 15) is 4.79 Å². The number of benzene rings is 1. The van der Waals surface area contributed by atoms with Gasteiger partial charge in [0.25, 0.3) is 0 Å². The lowest BCUT2D eigenvalue weighted by Crippen LogP contribution is -2.03. The Hall–Kier alpha value is -1.82. The SMILES string of the molecule is CCCCCCCCc1cc(C#N)ccc1C(=O)O. The van der Waals surface area contributed by atoms with Crippen molar-refractivity contribution in [1.29, 1.82) is 5.26 Å². The van der Waals surface area contributed by atoms with Gasteiger partial charge in [-0.1, -0.05) is 39.0 Å². The van der Waals surface area contributed by atoms with Gasteiger partial charge in [0.2, 0.25) is 0 Å². The molecule has 0 aromatic heterocycles. The zero-order chi connectivity index (χ0) is 14.1. The molecule has 0 atom stereocenters. The molecule has 1 aromatic carbocycles. The van der Waals surface area contributed by atoms with E-state index in [-0.39, 0.29) is 0 Å². The summed E-state index contributed by atoms with van der Waals surface area (Å²) in [7, 11) is 0. The van der Waals surface area contributed by atoms with E-state index in [1.54, 1.807) is 12.1 Å². The highest BCUT2D eigenvalue weighted by atomic mass is 16.4. The molecule has 1 N–H and O–H groups in total. The molecule has 0 unspecified atom stereocenters. The molecule has 0 aliphatic rings. The number of aryl methyl sites for hydroxylation is 1. The van der Waals surface area contributed by atoms with Gasteiger partial charge in [-0.15, -0.1) is 0 Å². The number of unbranched alkanes of at least 4 members (excludes halogenated alkanes) is 5. The number of nitrogens with zero attached hydrogens (tertiary/aromatic N) is 1. The summed E-state index contributed by atoms with van der Waals surface area (Å²) >= 11 is 0. The number of hydrogen-bond donors (Lipinski definition) is 1. The fraction of sp³-hybridized carbons (Fsp3) is 0.500. The zero-order valence-electron chi connectivity index (χ0n) is 11.5. The van der Waals surface area contributed by atoms with E-state index in [0.29, 0.717) is 11.1 Å². The minimum absolute atomic E-state index is 0.326. The van der Waals surface area contributed by atoms with Gasteiger partial charge < -0.3 is 5.11 Å². The van der Waals surface area contributed by atoms with Crippen LogP contribution in [0.5, 0.6) is 0 Å². The third-order valence-corrected chi connectivity index (χ3v) is 3.26. The highest BCUT2D eigenvalue weighted by molar-refractivity contribution is 5.89. The number of aromatic carboxylic acids is 1. The van der Waals surface area contributed by atoms with Gasteiger partial charge in [0.15, 0.2) is 0 Å². The van der Waals surface area contributed by atoms with Crippen LogP contribution in [0, 0.1) is 11.3 Å². The molecular formula is C16H21NO2. The lowest BCUT2D eigenvalue weighted by molar-refractivity contribution is 0.0695. The first-order chi connectivity index (χ1) is 9.19. The summed E-state index contributed by atoms with van der Waals surface area (Å²) in [6.07, 6.45) is 7.80. The van der Waals surface area contributed by atoms with E-state index in [1.165, 1.54) is 31.7 Å². The molecule has 0 saturated carbocycles. The van der Waals surface area contributed by atoms with E-state index in [0.717, 1.165) is 24.8 Å². The normalized spacial score (nSPS) is 10.1. The van der Waals surface area contributed by atoms with E-state index in [2.05, 4.69) is 13.0 Å². The third kappa shape index (κ3) is 5.13. The van der Waals surface area contributed by atoms with Crippen molar-refractivity contribution in [1.82, 2.24) is 0 Å². The molecule has 102 valence electrons. The Bertz CT molecular complexity index is 460. The third-order valence-electron chi connectivity index (χ3n) is 3.26. The summed E-state index contributed by atoms with van der Waals surface area (Å²) in [6.45, 7) is 2.19. The number of nitriles is 1. The average molecular weight is 259 g/mol. The number of rotatable bonds is 8. The van der Waals surface area contributed by atoms with E-state index < -0.39 is 5.97 Å². The second kappa shape index (κ2) is 8.31. The van der Waals surface area contributed by atoms with Crippen molar-refractivity contribution < 1.29 is 9.90 Å². The van der Waals surface area contributed by atoms with Crippen LogP contribution in [0.2, 0.25) is 0 Å². The number of hydrogen-bond acceptors (Lipinski definition) is 2. The Morgan fingerprint density at radius 3 is 2.53 bits per heavy atom. The molecule has 19 heavy (non-hydrogen) atoms. The standard InChI is InChI=1S/C16H21NO2/c1-2-3-4-5-6-7-8-14-11-13(12-17)9-10-15(14)16(18)19/h9-11H,2-8H2,1H3,(H,18,19). The molecule has 3 heteroatoms. The Kier molecular flexibility index (Phi) is 6.67. The van der Waals surface area contributed by atoms with Gasteiger partial charge in [0.1, 0.15) is 0 Å². The van der Waals surface area contributed by atoms with Gasteiger partial charge in [0, 0.05) is 0 Å². The van der Waals surface area contributed by atoms with Crippen molar-refractivity contribution in [3.8, 4) is 6.07 Å². The molecule has 0 aliphatic heterocycles. The molecule has 0 amide bonds. The fourth-order valence-electron chi connectivity index (χ4n) is 2.17. The number of carbonyl (C=O) groups is 1. The quantitative estimate of drug-likeness (QED) is 0.713. The van der Waals surface area contributed by atoms with Gasteiger partial charge in [-0.25, -0.2) is 4.79 Å². The summed E-state index contributed by atoms with van der Waals surface area (Å²) in [5.74, 6) is -0.912. The van der Waals surface area contributed by atoms with Gasteiger partial charge in [-0.2, -0.15) is 5.26 Å². The summed E-state index contributed by atoms with van der Waals surface area (Å²) in [5.41, 5.74) is 1.64. The molecule has 0 saturated heterocycles. The van der Waals surface area contributed by atoms with Crippen LogP contribution in [-0.4, -0.2) is 11.1 Å². The monoisotopic (exact) mass is 259 g/mol. The number of carboxylic acids is 1. The summed E-state index contributed by atoms with van der Waals surface area (Å²) < 4.78 is 0. The molecular weight excluding hydrogens is 238 g/mol. The maximum Gasteiger partial charge on any atom is 0.335 e. The minimum Gasteiger partial charge on any atom is -0.478 e. The smallest absolute Gasteiger partial charge is 0.335 e. The predicted molar refractivity (Wildman–Crippen MR) is 75.2 cm³/mol. The van der Waals surface area contributed by atoms with Crippen molar-refractivity contribution in [3.63, 3.8) is 0 Å². The second-order valence-electron chi connectivity index (χ2n) is 4.81. The van der Waals surface area contributed by atoms with Crippen LogP contribution < -0.4 is 0 Å². The zero-order valence-corrected chi connectivity index (χ0v) is 11.5. The molecule has 0 bridgehead atoms. The Morgan fingerprint density at radius 2 is 1.89 bits per heavy atom. The molecule has 1 aromatic rings. The van der Waals surface area contributed by atoms with Gasteiger partial charge >= 0.3 is 5.97 Å². The van der Waals surface area contributed by atoms with Crippen LogP contribution in [-0.2, 0) is 6.42 Å². The van der Waals surface area contributed by atoms with E-state index in [1.807, 2.05) is 0 Å².